The Morgan fingerprint density at radius 1 is 0.821 bits per heavy atom. The zero-order chi connectivity index (χ0) is 19.5. The summed E-state index contributed by atoms with van der Waals surface area (Å²) in [4.78, 5) is 9.31. The fourth-order valence-corrected chi connectivity index (χ4v) is 2.97. The zero-order valence-electron chi connectivity index (χ0n) is 15.4. The number of aromatic nitrogens is 2. The fraction of sp³-hybridized carbons (Fsp3) is 0.0909. The summed E-state index contributed by atoms with van der Waals surface area (Å²) >= 11 is 0. The van der Waals surface area contributed by atoms with Crippen LogP contribution < -0.4 is 14.8 Å². The molecule has 4 rings (SSSR count). The second kappa shape index (κ2) is 7.52. The highest BCUT2D eigenvalue weighted by Crippen LogP contribution is 2.33. The van der Waals surface area contributed by atoms with Crippen LogP contribution in [0.5, 0.6) is 11.5 Å². The van der Waals surface area contributed by atoms with Crippen molar-refractivity contribution in [1.29, 1.82) is 0 Å². The van der Waals surface area contributed by atoms with E-state index in [-0.39, 0.29) is 5.82 Å². The molecule has 5 nitrogen and oxygen atoms in total. The van der Waals surface area contributed by atoms with Gasteiger partial charge in [-0.3, -0.25) is 0 Å². The molecule has 0 aliphatic carbocycles. The first-order valence-corrected chi connectivity index (χ1v) is 8.70. The third-order valence-electron chi connectivity index (χ3n) is 4.37. The van der Waals surface area contributed by atoms with Crippen LogP contribution in [-0.4, -0.2) is 24.2 Å². The molecule has 4 aromatic rings. The van der Waals surface area contributed by atoms with E-state index in [1.165, 1.54) is 6.07 Å². The minimum Gasteiger partial charge on any atom is -0.493 e. The molecular weight excluding hydrogens is 357 g/mol. The minimum absolute atomic E-state index is 0.349. The van der Waals surface area contributed by atoms with Crippen molar-refractivity contribution in [3.05, 3.63) is 72.5 Å². The third-order valence-corrected chi connectivity index (χ3v) is 4.37. The van der Waals surface area contributed by atoms with Gasteiger partial charge in [-0.15, -0.1) is 0 Å². The Labute approximate surface area is 161 Å². The second-order valence-corrected chi connectivity index (χ2v) is 6.09. The Kier molecular flexibility index (Phi) is 4.76. The summed E-state index contributed by atoms with van der Waals surface area (Å²) in [6, 6.07) is 19.6. The highest BCUT2D eigenvalue weighted by atomic mass is 19.1. The van der Waals surface area contributed by atoms with Gasteiger partial charge in [-0.25, -0.2) is 14.4 Å². The average molecular weight is 375 g/mol. The first-order valence-electron chi connectivity index (χ1n) is 8.70. The molecule has 0 unspecified atom stereocenters. The Morgan fingerprint density at radius 3 is 2.36 bits per heavy atom. The molecule has 1 N–H and O–H groups in total. The third kappa shape index (κ3) is 3.32. The predicted octanol–water partition coefficient (Wildman–Crippen LogP) is 5.20. The lowest BCUT2D eigenvalue weighted by Crippen LogP contribution is -2.01. The van der Waals surface area contributed by atoms with Gasteiger partial charge in [0.15, 0.2) is 17.3 Å². The van der Waals surface area contributed by atoms with Crippen LogP contribution in [0.4, 0.5) is 15.9 Å². The van der Waals surface area contributed by atoms with E-state index >= 15 is 0 Å². The molecule has 0 radical (unpaired) electrons. The number of fused-ring (bicyclic) bond motifs is 1. The fourth-order valence-electron chi connectivity index (χ4n) is 2.97. The monoisotopic (exact) mass is 375 g/mol. The largest absolute Gasteiger partial charge is 0.493 e. The summed E-state index contributed by atoms with van der Waals surface area (Å²) in [5.74, 6) is 1.88. The van der Waals surface area contributed by atoms with Crippen molar-refractivity contribution in [2.75, 3.05) is 19.5 Å². The van der Waals surface area contributed by atoms with E-state index in [0.29, 0.717) is 28.8 Å². The van der Waals surface area contributed by atoms with E-state index in [1.807, 2.05) is 36.4 Å². The van der Waals surface area contributed by atoms with Crippen molar-refractivity contribution in [1.82, 2.24) is 9.97 Å². The number of benzene rings is 3. The van der Waals surface area contributed by atoms with Crippen LogP contribution in [0.1, 0.15) is 0 Å². The molecule has 0 atom stereocenters. The van der Waals surface area contributed by atoms with E-state index in [4.69, 9.17) is 9.47 Å². The molecule has 0 aliphatic heterocycles. The molecule has 0 saturated heterocycles. The van der Waals surface area contributed by atoms with Crippen molar-refractivity contribution >= 4 is 22.4 Å². The maximum Gasteiger partial charge on any atom is 0.162 e. The van der Waals surface area contributed by atoms with Crippen LogP contribution in [-0.2, 0) is 0 Å². The Hall–Kier alpha value is -3.67. The first kappa shape index (κ1) is 17.7. The molecule has 1 heterocycles. The number of nitrogens with zero attached hydrogens (tertiary/aromatic N) is 2. The van der Waals surface area contributed by atoms with Gasteiger partial charge in [0, 0.05) is 10.9 Å². The molecule has 0 saturated carbocycles. The minimum atomic E-state index is -0.349. The molecule has 3 aromatic carbocycles. The van der Waals surface area contributed by atoms with Gasteiger partial charge in [-0.05, 0) is 42.5 Å². The molecule has 0 bridgehead atoms. The summed E-state index contributed by atoms with van der Waals surface area (Å²) in [6.45, 7) is 0. The Bertz CT molecular complexity index is 1150. The molecule has 1 aromatic heterocycles. The maximum absolute atomic E-state index is 14.1. The standard InChI is InChI=1S/C22H18FN3O2/c1-27-19-12-11-14(13-20(19)28-2)21-24-17-9-5-3-7-15(17)22(26-21)25-18-10-6-4-8-16(18)23/h3-13H,1-2H3,(H,24,25,26). The summed E-state index contributed by atoms with van der Waals surface area (Å²) in [5.41, 5.74) is 1.87. The van der Waals surface area contributed by atoms with Gasteiger partial charge in [-0.1, -0.05) is 24.3 Å². The van der Waals surface area contributed by atoms with E-state index in [9.17, 15) is 4.39 Å². The van der Waals surface area contributed by atoms with Crippen molar-refractivity contribution < 1.29 is 13.9 Å². The van der Waals surface area contributed by atoms with Crippen LogP contribution in [0.25, 0.3) is 22.3 Å². The Balaban J connectivity index is 1.86. The number of halogens is 1. The van der Waals surface area contributed by atoms with Crippen LogP contribution in [0.3, 0.4) is 0 Å². The number of anilines is 2. The molecular formula is C22H18FN3O2. The van der Waals surface area contributed by atoms with Crippen LogP contribution in [0.2, 0.25) is 0 Å². The quantitative estimate of drug-likeness (QED) is 0.520. The zero-order valence-corrected chi connectivity index (χ0v) is 15.4. The molecule has 0 amide bonds. The van der Waals surface area contributed by atoms with Gasteiger partial charge >= 0.3 is 0 Å². The number of rotatable bonds is 5. The molecule has 0 spiro atoms. The normalized spacial score (nSPS) is 10.7. The summed E-state index contributed by atoms with van der Waals surface area (Å²) in [5, 5.41) is 3.90. The summed E-state index contributed by atoms with van der Waals surface area (Å²) < 4.78 is 24.8. The molecule has 0 fully saturated rings. The number of para-hydroxylation sites is 2. The highest BCUT2D eigenvalue weighted by molar-refractivity contribution is 5.92. The smallest absolute Gasteiger partial charge is 0.162 e. The van der Waals surface area contributed by atoms with E-state index < -0.39 is 0 Å². The van der Waals surface area contributed by atoms with Crippen LogP contribution >= 0.6 is 0 Å². The van der Waals surface area contributed by atoms with Gasteiger partial charge in [0.2, 0.25) is 0 Å². The van der Waals surface area contributed by atoms with E-state index in [1.54, 1.807) is 38.5 Å². The lowest BCUT2D eigenvalue weighted by molar-refractivity contribution is 0.355. The van der Waals surface area contributed by atoms with E-state index in [2.05, 4.69) is 15.3 Å². The summed E-state index contributed by atoms with van der Waals surface area (Å²) in [7, 11) is 3.16. The molecule has 0 aliphatic rings. The van der Waals surface area contributed by atoms with Gasteiger partial charge in [0.1, 0.15) is 11.6 Å². The molecule has 6 heteroatoms. The van der Waals surface area contributed by atoms with Crippen molar-refractivity contribution in [2.45, 2.75) is 0 Å². The lowest BCUT2D eigenvalue weighted by Gasteiger charge is -2.13. The van der Waals surface area contributed by atoms with Crippen molar-refractivity contribution in [3.8, 4) is 22.9 Å². The number of hydrogen-bond donors (Lipinski definition) is 1. The first-order chi connectivity index (χ1) is 13.7. The second-order valence-electron chi connectivity index (χ2n) is 6.09. The van der Waals surface area contributed by atoms with Crippen LogP contribution in [0.15, 0.2) is 66.7 Å². The SMILES string of the molecule is COc1ccc(-c2nc(Nc3ccccc3F)c3ccccc3n2)cc1OC. The maximum atomic E-state index is 14.1. The van der Waals surface area contributed by atoms with Crippen molar-refractivity contribution in [3.63, 3.8) is 0 Å². The number of hydrogen-bond acceptors (Lipinski definition) is 5. The van der Waals surface area contributed by atoms with Gasteiger partial charge in [-0.2, -0.15) is 0 Å². The predicted molar refractivity (Wildman–Crippen MR) is 108 cm³/mol. The number of methoxy groups -OCH3 is 2. The molecule has 28 heavy (non-hydrogen) atoms. The average Bonchev–Trinajstić information content (AvgIpc) is 2.74. The number of ether oxygens (including phenoxy) is 2. The molecule has 140 valence electrons. The van der Waals surface area contributed by atoms with Gasteiger partial charge < -0.3 is 14.8 Å². The van der Waals surface area contributed by atoms with Gasteiger partial charge in [0.05, 0.1) is 25.4 Å². The van der Waals surface area contributed by atoms with Gasteiger partial charge in [0.25, 0.3) is 0 Å². The summed E-state index contributed by atoms with van der Waals surface area (Å²) in [6.07, 6.45) is 0. The van der Waals surface area contributed by atoms with Crippen LogP contribution in [0, 0.1) is 5.82 Å². The number of nitrogens with one attached hydrogen (secondary N) is 1. The topological polar surface area (TPSA) is 56.3 Å². The lowest BCUT2D eigenvalue weighted by atomic mass is 10.1. The Morgan fingerprint density at radius 2 is 1.57 bits per heavy atom. The highest BCUT2D eigenvalue weighted by Gasteiger charge is 2.13. The van der Waals surface area contributed by atoms with E-state index in [0.717, 1.165) is 16.5 Å². The van der Waals surface area contributed by atoms with Crippen molar-refractivity contribution in [2.24, 2.45) is 0 Å².